The van der Waals surface area contributed by atoms with Crippen LogP contribution < -0.4 is 10.1 Å². The Morgan fingerprint density at radius 1 is 1.25 bits per heavy atom. The van der Waals surface area contributed by atoms with Gasteiger partial charge in [0, 0.05) is 7.05 Å². The number of amides is 2. The van der Waals surface area contributed by atoms with Crippen molar-refractivity contribution in [3.63, 3.8) is 0 Å². The minimum Gasteiger partial charge on any atom is -0.489 e. The van der Waals surface area contributed by atoms with E-state index in [0.29, 0.717) is 11.3 Å². The first-order chi connectivity index (χ1) is 15.0. The van der Waals surface area contributed by atoms with E-state index in [-0.39, 0.29) is 24.9 Å². The van der Waals surface area contributed by atoms with Gasteiger partial charge in [0.05, 0.1) is 10.9 Å². The Morgan fingerprint density at radius 2 is 1.97 bits per heavy atom. The number of benzene rings is 2. The van der Waals surface area contributed by atoms with Crippen LogP contribution >= 0.6 is 15.9 Å². The van der Waals surface area contributed by atoms with Gasteiger partial charge in [0.2, 0.25) is 11.9 Å². The largest absolute Gasteiger partial charge is 0.489 e. The minimum absolute atomic E-state index is 0.00418. The van der Waals surface area contributed by atoms with Gasteiger partial charge in [-0.15, -0.1) is 0 Å². The number of rotatable bonds is 4. The molecule has 1 unspecified atom stereocenters. The van der Waals surface area contributed by atoms with E-state index < -0.39 is 23.1 Å². The molecule has 2 aromatic carbocycles. The van der Waals surface area contributed by atoms with Gasteiger partial charge < -0.3 is 9.47 Å². The van der Waals surface area contributed by atoms with Crippen LogP contribution in [0.25, 0.3) is 0 Å². The lowest BCUT2D eigenvalue weighted by molar-refractivity contribution is -0.129. The number of ether oxygens (including phenoxy) is 2. The average Bonchev–Trinajstić information content (AvgIpc) is 2.69. The molecule has 32 heavy (non-hydrogen) atoms. The number of nitrogens with zero attached hydrogens (tertiary/aromatic N) is 2. The molecule has 1 aliphatic rings. The predicted octanol–water partition coefficient (Wildman–Crippen LogP) is 4.61. The summed E-state index contributed by atoms with van der Waals surface area (Å²) >= 11 is 3.43. The van der Waals surface area contributed by atoms with Gasteiger partial charge in [-0.05, 0) is 66.5 Å². The summed E-state index contributed by atoms with van der Waals surface area (Å²) in [6.07, 6.45) is -0.825. The van der Waals surface area contributed by atoms with Gasteiger partial charge >= 0.3 is 6.09 Å². The monoisotopic (exact) mass is 505 g/mol. The van der Waals surface area contributed by atoms with E-state index in [1.807, 2.05) is 18.2 Å². The highest BCUT2D eigenvalue weighted by molar-refractivity contribution is 9.10. The lowest BCUT2D eigenvalue weighted by atomic mass is 9.86. The first-order valence-electron chi connectivity index (χ1n) is 9.99. The molecule has 0 bridgehead atoms. The minimum atomic E-state index is -1.26. The van der Waals surface area contributed by atoms with E-state index in [0.717, 1.165) is 4.47 Å². The van der Waals surface area contributed by atoms with E-state index >= 15 is 0 Å². The molecule has 3 rings (SSSR count). The van der Waals surface area contributed by atoms with Crippen molar-refractivity contribution < 1.29 is 23.5 Å². The summed E-state index contributed by atoms with van der Waals surface area (Å²) < 4.78 is 26.1. The standard InChI is InChI=1S/C23H25BrFN3O4/c1-22(2,3)32-21(30)26-20-27-23(13-19(29)28(20)4,15-8-7-9-16(25)12-15)14-31-18-11-6-5-10-17(18)24/h5-12H,13-14H2,1-4H3,(H,26,27,30). The van der Waals surface area contributed by atoms with Crippen LogP contribution in [0.15, 0.2) is 58.0 Å². The van der Waals surface area contributed by atoms with Crippen LogP contribution in [0.5, 0.6) is 5.75 Å². The van der Waals surface area contributed by atoms with E-state index in [1.165, 1.54) is 24.1 Å². The highest BCUT2D eigenvalue weighted by Crippen LogP contribution is 2.36. The van der Waals surface area contributed by atoms with E-state index in [2.05, 4.69) is 26.2 Å². The van der Waals surface area contributed by atoms with E-state index in [9.17, 15) is 14.0 Å². The number of para-hydroxylation sites is 1. The maximum absolute atomic E-state index is 14.1. The Morgan fingerprint density at radius 3 is 2.62 bits per heavy atom. The summed E-state index contributed by atoms with van der Waals surface area (Å²) in [6, 6.07) is 13.1. The molecule has 0 saturated carbocycles. The van der Waals surface area contributed by atoms with Crippen LogP contribution in [0.3, 0.4) is 0 Å². The number of hydrogen-bond donors (Lipinski definition) is 1. The number of halogens is 2. The van der Waals surface area contributed by atoms with E-state index in [4.69, 9.17) is 9.47 Å². The summed E-state index contributed by atoms with van der Waals surface area (Å²) in [5, 5.41) is 2.54. The SMILES string of the molecule is CN1C(=O)CC(COc2ccccc2Br)(c2cccc(F)c2)N=C1NC(=O)OC(C)(C)C. The second-order valence-electron chi connectivity index (χ2n) is 8.45. The molecule has 0 fully saturated rings. The molecule has 0 aliphatic carbocycles. The van der Waals surface area contributed by atoms with Crippen molar-refractivity contribution in [2.24, 2.45) is 4.99 Å². The molecule has 0 saturated heterocycles. The maximum Gasteiger partial charge on any atom is 0.414 e. The predicted molar refractivity (Wildman–Crippen MR) is 122 cm³/mol. The van der Waals surface area contributed by atoms with Crippen LogP contribution in [0.2, 0.25) is 0 Å². The van der Waals surface area contributed by atoms with Gasteiger partial charge in [0.1, 0.15) is 29.3 Å². The quantitative estimate of drug-likeness (QED) is 0.657. The van der Waals surface area contributed by atoms with Crippen molar-refractivity contribution in [2.75, 3.05) is 13.7 Å². The summed E-state index contributed by atoms with van der Waals surface area (Å²) in [5.74, 6) is -0.237. The fourth-order valence-corrected chi connectivity index (χ4v) is 3.58. The van der Waals surface area contributed by atoms with Crippen LogP contribution in [-0.4, -0.2) is 42.1 Å². The third-order valence-corrected chi connectivity index (χ3v) is 5.39. The van der Waals surface area contributed by atoms with Crippen molar-refractivity contribution >= 4 is 33.9 Å². The molecule has 1 heterocycles. The zero-order valence-corrected chi connectivity index (χ0v) is 19.9. The smallest absolute Gasteiger partial charge is 0.414 e. The molecule has 2 aromatic rings. The van der Waals surface area contributed by atoms with Gasteiger partial charge in [0.15, 0.2) is 0 Å². The van der Waals surface area contributed by atoms with Crippen LogP contribution in [0, 0.1) is 5.82 Å². The molecule has 0 aromatic heterocycles. The van der Waals surface area contributed by atoms with Crippen molar-refractivity contribution in [2.45, 2.75) is 38.3 Å². The zero-order valence-electron chi connectivity index (χ0n) is 18.3. The highest BCUT2D eigenvalue weighted by Gasteiger charge is 2.43. The van der Waals surface area contributed by atoms with Crippen LogP contribution in [-0.2, 0) is 15.1 Å². The molecule has 2 amide bonds. The Hall–Kier alpha value is -2.94. The maximum atomic E-state index is 14.1. The van der Waals surface area contributed by atoms with E-state index in [1.54, 1.807) is 39.0 Å². The number of carbonyl (C=O) groups is 2. The van der Waals surface area contributed by atoms with Crippen molar-refractivity contribution in [3.05, 3.63) is 64.4 Å². The summed E-state index contributed by atoms with van der Waals surface area (Å²) in [7, 11) is 1.50. The Kier molecular flexibility index (Phi) is 6.88. The number of aliphatic imine (C=N–C) groups is 1. The zero-order chi connectivity index (χ0) is 23.5. The number of guanidine groups is 1. The number of nitrogens with one attached hydrogen (secondary N) is 1. The third kappa shape index (κ3) is 5.64. The van der Waals surface area contributed by atoms with Gasteiger partial charge in [-0.2, -0.15) is 0 Å². The normalized spacial score (nSPS) is 18.8. The Balaban J connectivity index is 2.01. The highest BCUT2D eigenvalue weighted by atomic mass is 79.9. The molecular weight excluding hydrogens is 481 g/mol. The molecule has 1 atom stereocenters. The summed E-state index contributed by atoms with van der Waals surface area (Å²) in [5.41, 5.74) is -1.54. The molecule has 170 valence electrons. The first kappa shape index (κ1) is 23.7. The molecule has 1 aliphatic heterocycles. The lowest BCUT2D eigenvalue weighted by Gasteiger charge is -2.37. The lowest BCUT2D eigenvalue weighted by Crippen LogP contribution is -2.54. The van der Waals surface area contributed by atoms with Gasteiger partial charge in [-0.3, -0.25) is 15.0 Å². The number of carbonyl (C=O) groups excluding carboxylic acids is 2. The Bertz CT molecular complexity index is 1050. The number of hydrogen-bond acceptors (Lipinski definition) is 5. The molecule has 0 radical (unpaired) electrons. The third-order valence-electron chi connectivity index (χ3n) is 4.73. The second-order valence-corrected chi connectivity index (χ2v) is 9.31. The fraction of sp³-hybridized carbons (Fsp3) is 0.348. The second kappa shape index (κ2) is 9.28. The van der Waals surface area contributed by atoms with Crippen molar-refractivity contribution in [3.8, 4) is 5.75 Å². The molecule has 0 spiro atoms. The molecule has 1 N–H and O–H groups in total. The van der Waals surface area contributed by atoms with Crippen molar-refractivity contribution in [1.29, 1.82) is 0 Å². The van der Waals surface area contributed by atoms with Gasteiger partial charge in [-0.25, -0.2) is 14.2 Å². The first-order valence-corrected chi connectivity index (χ1v) is 10.8. The molecular formula is C23H25BrFN3O4. The van der Waals surface area contributed by atoms with Crippen LogP contribution in [0.4, 0.5) is 9.18 Å². The van der Waals surface area contributed by atoms with Crippen LogP contribution in [0.1, 0.15) is 32.8 Å². The van der Waals surface area contributed by atoms with Gasteiger partial charge in [-0.1, -0.05) is 24.3 Å². The summed E-state index contributed by atoms with van der Waals surface area (Å²) in [6.45, 7) is 5.13. The number of alkyl carbamates (subject to hydrolysis) is 1. The molecule has 9 heteroatoms. The topological polar surface area (TPSA) is 80.2 Å². The average molecular weight is 506 g/mol. The fourth-order valence-electron chi connectivity index (χ4n) is 3.18. The Labute approximate surface area is 194 Å². The molecule has 7 nitrogen and oxygen atoms in total. The van der Waals surface area contributed by atoms with Crippen molar-refractivity contribution in [1.82, 2.24) is 10.2 Å². The summed E-state index contributed by atoms with van der Waals surface area (Å²) in [4.78, 5) is 31.2. The van der Waals surface area contributed by atoms with Gasteiger partial charge in [0.25, 0.3) is 0 Å².